The molecule has 91 valence electrons. The van der Waals surface area contributed by atoms with Crippen molar-refractivity contribution >= 4 is 21.4 Å². The van der Waals surface area contributed by atoms with Gasteiger partial charge in [0, 0.05) is 14.1 Å². The van der Waals surface area contributed by atoms with Gasteiger partial charge in [-0.2, -0.15) is 0 Å². The molecule has 0 N–H and O–H groups in total. The van der Waals surface area contributed by atoms with Crippen molar-refractivity contribution in [1.29, 1.82) is 0 Å². The summed E-state index contributed by atoms with van der Waals surface area (Å²) in [5.74, 6) is 2.89. The van der Waals surface area contributed by atoms with Crippen molar-refractivity contribution in [2.75, 3.05) is 13.7 Å². The summed E-state index contributed by atoms with van der Waals surface area (Å²) in [6.07, 6.45) is 8.10. The molecule has 1 radical (unpaired) electrons. The Labute approximate surface area is 110 Å². The first-order chi connectivity index (χ1) is 8.88. The number of ether oxygens (including phenoxy) is 1. The van der Waals surface area contributed by atoms with E-state index in [4.69, 9.17) is 9.26 Å². The van der Waals surface area contributed by atoms with E-state index in [0.29, 0.717) is 15.4 Å². The molecule has 2 rings (SSSR count). The van der Waals surface area contributed by atoms with Crippen molar-refractivity contribution in [3.8, 4) is 5.75 Å². The van der Waals surface area contributed by atoms with Crippen LogP contribution in [0.1, 0.15) is 0 Å². The minimum absolute atomic E-state index is 0.337. The van der Waals surface area contributed by atoms with Crippen molar-refractivity contribution < 1.29 is 9.26 Å². The Morgan fingerprint density at radius 3 is 3.06 bits per heavy atom. The monoisotopic (exact) mass is 257 g/mol. The molecule has 0 amide bonds. The van der Waals surface area contributed by atoms with Gasteiger partial charge < -0.3 is 9.26 Å². The SMILES string of the molecule is COc1cccc(POCC2=CC=CC=C[B]2)c1. The summed E-state index contributed by atoms with van der Waals surface area (Å²) >= 11 is 0. The van der Waals surface area contributed by atoms with Gasteiger partial charge in [-0.15, -0.1) is 5.98 Å². The van der Waals surface area contributed by atoms with E-state index < -0.39 is 0 Å². The lowest BCUT2D eigenvalue weighted by atomic mass is 9.70. The van der Waals surface area contributed by atoms with Gasteiger partial charge >= 0.3 is 0 Å². The maximum atomic E-state index is 5.72. The van der Waals surface area contributed by atoms with Crippen LogP contribution >= 0.6 is 8.81 Å². The fraction of sp³-hybridized carbons (Fsp3) is 0.143. The van der Waals surface area contributed by atoms with Gasteiger partial charge in [0.15, 0.2) is 7.28 Å². The summed E-state index contributed by atoms with van der Waals surface area (Å²) in [5, 5.41) is 1.15. The lowest BCUT2D eigenvalue weighted by molar-refractivity contribution is 0.412. The van der Waals surface area contributed by atoms with Crippen LogP contribution < -0.4 is 10.0 Å². The molecule has 0 aromatic heterocycles. The lowest BCUT2D eigenvalue weighted by Crippen LogP contribution is -2.02. The maximum absolute atomic E-state index is 5.72. The van der Waals surface area contributed by atoms with Gasteiger partial charge in [0.2, 0.25) is 0 Å². The Hall–Kier alpha value is -1.31. The van der Waals surface area contributed by atoms with Crippen molar-refractivity contribution in [3.05, 3.63) is 60.0 Å². The highest BCUT2D eigenvalue weighted by atomic mass is 31.1. The number of methoxy groups -OCH3 is 1. The molecule has 0 fully saturated rings. The van der Waals surface area contributed by atoms with Gasteiger partial charge in [0.05, 0.1) is 13.7 Å². The third-order valence-electron chi connectivity index (χ3n) is 2.45. The summed E-state index contributed by atoms with van der Waals surface area (Å²) in [6, 6.07) is 7.97. The van der Waals surface area contributed by atoms with Crippen LogP contribution in [0.5, 0.6) is 5.75 Å². The molecule has 1 aliphatic rings. The van der Waals surface area contributed by atoms with Gasteiger partial charge in [-0.3, -0.25) is 0 Å². The van der Waals surface area contributed by atoms with Crippen LogP contribution in [0.4, 0.5) is 0 Å². The molecule has 1 atom stereocenters. The van der Waals surface area contributed by atoms with Crippen LogP contribution in [0.2, 0.25) is 0 Å². The fourth-order valence-corrected chi connectivity index (χ4v) is 2.30. The Morgan fingerprint density at radius 1 is 1.22 bits per heavy atom. The standard InChI is InChI=1S/C14H15BO2P/c1-16-13-7-5-8-14(10-13)18-17-11-12-6-3-2-4-9-15-12/h2-10,18H,11H2,1H3. The van der Waals surface area contributed by atoms with Crippen LogP contribution in [0.3, 0.4) is 0 Å². The zero-order chi connectivity index (χ0) is 12.6. The van der Waals surface area contributed by atoms with Crippen LogP contribution in [0.15, 0.2) is 60.0 Å². The second-order valence-corrected chi connectivity index (χ2v) is 4.87. The van der Waals surface area contributed by atoms with Crippen molar-refractivity contribution in [3.63, 3.8) is 0 Å². The molecule has 0 spiro atoms. The molecule has 1 heterocycles. The molecule has 1 unspecified atom stereocenters. The van der Waals surface area contributed by atoms with Crippen LogP contribution in [0.25, 0.3) is 0 Å². The smallest absolute Gasteiger partial charge is 0.178 e. The van der Waals surface area contributed by atoms with E-state index in [2.05, 4.69) is 13.4 Å². The molecule has 1 aromatic rings. The van der Waals surface area contributed by atoms with Crippen molar-refractivity contribution in [1.82, 2.24) is 0 Å². The van der Waals surface area contributed by atoms with Gasteiger partial charge in [-0.1, -0.05) is 41.9 Å². The predicted octanol–water partition coefficient (Wildman–Crippen LogP) is 2.60. The minimum Gasteiger partial charge on any atom is -0.497 e. The minimum atomic E-state index is 0.337. The summed E-state index contributed by atoms with van der Waals surface area (Å²) in [6.45, 7) is 0.629. The van der Waals surface area contributed by atoms with Crippen LogP contribution in [-0.2, 0) is 4.52 Å². The number of hydrogen-bond donors (Lipinski definition) is 0. The topological polar surface area (TPSA) is 18.5 Å². The molecule has 0 saturated heterocycles. The first kappa shape index (κ1) is 13.1. The third kappa shape index (κ3) is 4.17. The van der Waals surface area contributed by atoms with E-state index in [1.54, 1.807) is 7.11 Å². The van der Waals surface area contributed by atoms with E-state index >= 15 is 0 Å². The normalized spacial score (nSPS) is 14.4. The summed E-state index contributed by atoms with van der Waals surface area (Å²) < 4.78 is 10.9. The summed E-state index contributed by atoms with van der Waals surface area (Å²) in [5.41, 5.74) is 1.18. The predicted molar refractivity (Wildman–Crippen MR) is 79.0 cm³/mol. The van der Waals surface area contributed by atoms with Crippen molar-refractivity contribution in [2.24, 2.45) is 0 Å². The molecular formula is C14H15BO2P. The molecule has 18 heavy (non-hydrogen) atoms. The third-order valence-corrected chi connectivity index (χ3v) is 3.29. The largest absolute Gasteiger partial charge is 0.497 e. The zero-order valence-electron chi connectivity index (χ0n) is 10.3. The van der Waals surface area contributed by atoms with Gasteiger partial charge in [0.1, 0.15) is 5.75 Å². The first-order valence-corrected chi connectivity index (χ1v) is 6.68. The van der Waals surface area contributed by atoms with Crippen LogP contribution in [0, 0.1) is 0 Å². The lowest BCUT2D eigenvalue weighted by Gasteiger charge is -2.07. The molecule has 2 nitrogen and oxygen atoms in total. The van der Waals surface area contributed by atoms with E-state index in [1.165, 1.54) is 5.47 Å². The van der Waals surface area contributed by atoms with Crippen LogP contribution in [-0.4, -0.2) is 21.0 Å². The maximum Gasteiger partial charge on any atom is 0.178 e. The Morgan fingerprint density at radius 2 is 2.17 bits per heavy atom. The number of rotatable bonds is 5. The number of benzene rings is 1. The number of allylic oxidation sites excluding steroid dienone is 4. The Kier molecular flexibility index (Phi) is 5.25. The molecule has 1 aromatic carbocycles. The number of hydrogen-bond acceptors (Lipinski definition) is 2. The summed E-state index contributed by atoms with van der Waals surface area (Å²) in [7, 11) is 4.08. The molecule has 0 bridgehead atoms. The Balaban J connectivity index is 1.82. The quantitative estimate of drug-likeness (QED) is 0.596. The zero-order valence-corrected chi connectivity index (χ0v) is 11.3. The molecule has 0 saturated carbocycles. The average Bonchev–Trinajstić information content (AvgIpc) is 2.68. The van der Waals surface area contributed by atoms with E-state index in [0.717, 1.165) is 11.1 Å². The second kappa shape index (κ2) is 7.20. The van der Waals surface area contributed by atoms with Gasteiger partial charge in [-0.25, -0.2) is 0 Å². The van der Waals surface area contributed by atoms with E-state index in [9.17, 15) is 0 Å². The molecular weight excluding hydrogens is 242 g/mol. The van der Waals surface area contributed by atoms with Crippen molar-refractivity contribution in [2.45, 2.75) is 0 Å². The van der Waals surface area contributed by atoms with Gasteiger partial charge in [0.25, 0.3) is 0 Å². The second-order valence-electron chi connectivity index (χ2n) is 3.80. The molecule has 4 heteroatoms. The molecule has 1 aliphatic heterocycles. The Bertz CT molecular complexity index is 480. The van der Waals surface area contributed by atoms with E-state index in [1.807, 2.05) is 48.5 Å². The molecule has 0 aliphatic carbocycles. The highest BCUT2D eigenvalue weighted by Gasteiger charge is 2.00. The highest BCUT2D eigenvalue weighted by Crippen LogP contribution is 2.17. The average molecular weight is 257 g/mol. The fourth-order valence-electron chi connectivity index (χ4n) is 1.53. The highest BCUT2D eigenvalue weighted by molar-refractivity contribution is 7.41. The summed E-state index contributed by atoms with van der Waals surface area (Å²) in [4.78, 5) is 0. The van der Waals surface area contributed by atoms with Gasteiger partial charge in [-0.05, 0) is 12.1 Å². The first-order valence-electron chi connectivity index (χ1n) is 5.77. The van der Waals surface area contributed by atoms with E-state index in [-0.39, 0.29) is 0 Å².